The van der Waals surface area contributed by atoms with Crippen molar-refractivity contribution in [1.29, 1.82) is 0 Å². The maximum absolute atomic E-state index is 5.96. The van der Waals surface area contributed by atoms with Gasteiger partial charge in [0.1, 0.15) is 0 Å². The molecule has 0 aliphatic heterocycles. The average molecular weight is 218 g/mol. The van der Waals surface area contributed by atoms with Gasteiger partial charge >= 0.3 is 0 Å². The van der Waals surface area contributed by atoms with E-state index in [0.29, 0.717) is 10.8 Å². The molecule has 0 N–H and O–H groups in total. The molecule has 1 saturated carbocycles. The quantitative estimate of drug-likeness (QED) is 0.653. The second kappa shape index (κ2) is 4.85. The number of rotatable bonds is 4. The number of hydrogen-bond acceptors (Lipinski definition) is 1. The van der Waals surface area contributed by atoms with E-state index < -0.39 is 0 Å². The lowest BCUT2D eigenvalue weighted by Crippen LogP contribution is -2.36. The molecule has 0 amide bonds. The summed E-state index contributed by atoms with van der Waals surface area (Å²) in [6.45, 7) is 9.36. The second-order valence-electron chi connectivity index (χ2n) is 6.01. The molecule has 84 valence electrons. The van der Waals surface area contributed by atoms with Crippen LogP contribution in [0, 0.1) is 11.3 Å². The van der Waals surface area contributed by atoms with Gasteiger partial charge in [0.2, 0.25) is 0 Å². The standard InChI is InChI=1S/C12H24ClN/c1-12(2,3)5-6-14(4)9-10-7-11(13)8-10/h10-11H,5-9H2,1-4H3. The average Bonchev–Trinajstić information content (AvgIpc) is 1.97. The Morgan fingerprint density at radius 1 is 1.29 bits per heavy atom. The summed E-state index contributed by atoms with van der Waals surface area (Å²) in [5.41, 5.74) is 0.461. The molecule has 0 aromatic rings. The molecule has 1 aliphatic rings. The van der Waals surface area contributed by atoms with Crippen molar-refractivity contribution in [3.8, 4) is 0 Å². The molecule has 2 heteroatoms. The Morgan fingerprint density at radius 2 is 1.86 bits per heavy atom. The summed E-state index contributed by atoms with van der Waals surface area (Å²) in [7, 11) is 2.23. The molecule has 0 atom stereocenters. The maximum atomic E-state index is 5.96. The van der Waals surface area contributed by atoms with E-state index in [1.807, 2.05) is 0 Å². The van der Waals surface area contributed by atoms with Crippen LogP contribution in [0.15, 0.2) is 0 Å². The summed E-state index contributed by atoms with van der Waals surface area (Å²) in [6, 6.07) is 0. The third-order valence-corrected chi connectivity index (χ3v) is 3.35. The highest BCUT2D eigenvalue weighted by Gasteiger charge is 2.27. The van der Waals surface area contributed by atoms with Gasteiger partial charge in [-0.2, -0.15) is 0 Å². The summed E-state index contributed by atoms with van der Waals surface area (Å²) < 4.78 is 0. The summed E-state index contributed by atoms with van der Waals surface area (Å²) in [5.74, 6) is 0.863. The predicted octanol–water partition coefficient (Wildman–Crippen LogP) is 3.37. The predicted molar refractivity (Wildman–Crippen MR) is 63.9 cm³/mol. The van der Waals surface area contributed by atoms with Gasteiger partial charge in [-0.3, -0.25) is 0 Å². The van der Waals surface area contributed by atoms with Crippen LogP contribution in [0.1, 0.15) is 40.0 Å². The third-order valence-electron chi connectivity index (χ3n) is 2.99. The van der Waals surface area contributed by atoms with Crippen LogP contribution in [0.2, 0.25) is 0 Å². The normalized spacial score (nSPS) is 27.9. The van der Waals surface area contributed by atoms with Crippen LogP contribution < -0.4 is 0 Å². The Hall–Kier alpha value is 0.250. The zero-order valence-corrected chi connectivity index (χ0v) is 10.8. The lowest BCUT2D eigenvalue weighted by Gasteiger charge is -2.34. The molecule has 0 aromatic carbocycles. The van der Waals surface area contributed by atoms with E-state index in [9.17, 15) is 0 Å². The van der Waals surface area contributed by atoms with E-state index in [1.165, 1.54) is 32.4 Å². The Bertz CT molecular complexity index is 168. The molecule has 1 nitrogen and oxygen atoms in total. The van der Waals surface area contributed by atoms with Crippen molar-refractivity contribution in [1.82, 2.24) is 4.90 Å². The van der Waals surface area contributed by atoms with Gasteiger partial charge in [-0.25, -0.2) is 0 Å². The van der Waals surface area contributed by atoms with Crippen LogP contribution in [0.3, 0.4) is 0 Å². The Kier molecular flexibility index (Phi) is 4.27. The first kappa shape index (κ1) is 12.3. The first-order valence-electron chi connectivity index (χ1n) is 5.69. The first-order chi connectivity index (χ1) is 6.37. The van der Waals surface area contributed by atoms with Crippen molar-refractivity contribution in [3.63, 3.8) is 0 Å². The van der Waals surface area contributed by atoms with Gasteiger partial charge < -0.3 is 4.90 Å². The highest BCUT2D eigenvalue weighted by molar-refractivity contribution is 6.21. The van der Waals surface area contributed by atoms with Crippen molar-refractivity contribution >= 4 is 11.6 Å². The Balaban J connectivity index is 2.07. The summed E-state index contributed by atoms with van der Waals surface area (Å²) in [4.78, 5) is 2.46. The molecule has 1 rings (SSSR count). The molecule has 0 unspecified atom stereocenters. The van der Waals surface area contributed by atoms with Crippen molar-refractivity contribution in [3.05, 3.63) is 0 Å². The van der Waals surface area contributed by atoms with Crippen LogP contribution in [0.5, 0.6) is 0 Å². The van der Waals surface area contributed by atoms with E-state index in [-0.39, 0.29) is 0 Å². The van der Waals surface area contributed by atoms with E-state index in [1.54, 1.807) is 0 Å². The monoisotopic (exact) mass is 217 g/mol. The maximum Gasteiger partial charge on any atom is 0.0342 e. The van der Waals surface area contributed by atoms with Crippen LogP contribution in [-0.2, 0) is 0 Å². The minimum atomic E-state index is 0.461. The van der Waals surface area contributed by atoms with Crippen molar-refractivity contribution in [2.75, 3.05) is 20.1 Å². The Labute approximate surface area is 93.8 Å². The smallest absolute Gasteiger partial charge is 0.0342 e. The van der Waals surface area contributed by atoms with E-state index >= 15 is 0 Å². The number of alkyl halides is 1. The summed E-state index contributed by atoms with van der Waals surface area (Å²) >= 11 is 5.96. The van der Waals surface area contributed by atoms with E-state index in [4.69, 9.17) is 11.6 Å². The number of nitrogens with zero attached hydrogens (tertiary/aromatic N) is 1. The van der Waals surface area contributed by atoms with Gasteiger partial charge in [-0.1, -0.05) is 20.8 Å². The van der Waals surface area contributed by atoms with E-state index in [2.05, 4.69) is 32.7 Å². The molecular formula is C12H24ClN. The van der Waals surface area contributed by atoms with Gasteiger partial charge in [0.05, 0.1) is 0 Å². The zero-order valence-electron chi connectivity index (χ0n) is 10.0. The third kappa shape index (κ3) is 4.65. The molecule has 1 aliphatic carbocycles. The van der Waals surface area contributed by atoms with Gasteiger partial charge in [-0.05, 0) is 44.2 Å². The summed E-state index contributed by atoms with van der Waals surface area (Å²) in [6.07, 6.45) is 3.73. The fraction of sp³-hybridized carbons (Fsp3) is 1.00. The molecule has 1 fully saturated rings. The molecule has 0 spiro atoms. The fourth-order valence-corrected chi connectivity index (χ4v) is 2.37. The number of hydrogen-bond donors (Lipinski definition) is 0. The molecule has 0 saturated heterocycles. The fourth-order valence-electron chi connectivity index (χ4n) is 1.86. The molecule has 14 heavy (non-hydrogen) atoms. The topological polar surface area (TPSA) is 3.24 Å². The SMILES string of the molecule is CN(CCC(C)(C)C)CC1CC(Cl)C1. The molecule has 0 aromatic heterocycles. The first-order valence-corrected chi connectivity index (χ1v) is 6.13. The zero-order chi connectivity index (χ0) is 10.8. The molecule has 0 radical (unpaired) electrons. The van der Waals surface area contributed by atoms with Gasteiger partial charge in [0.15, 0.2) is 0 Å². The van der Waals surface area contributed by atoms with E-state index in [0.717, 1.165) is 5.92 Å². The summed E-state index contributed by atoms with van der Waals surface area (Å²) in [5, 5.41) is 0.469. The molecular weight excluding hydrogens is 194 g/mol. The lowest BCUT2D eigenvalue weighted by molar-refractivity contribution is 0.189. The molecule has 0 heterocycles. The second-order valence-corrected chi connectivity index (χ2v) is 6.62. The van der Waals surface area contributed by atoms with Crippen LogP contribution in [0.25, 0.3) is 0 Å². The minimum Gasteiger partial charge on any atom is -0.306 e. The van der Waals surface area contributed by atoms with Gasteiger partial charge in [0.25, 0.3) is 0 Å². The molecule has 0 bridgehead atoms. The highest BCUT2D eigenvalue weighted by Crippen LogP contribution is 2.32. The lowest BCUT2D eigenvalue weighted by atomic mass is 9.84. The Morgan fingerprint density at radius 3 is 2.29 bits per heavy atom. The van der Waals surface area contributed by atoms with Crippen LogP contribution >= 0.6 is 11.6 Å². The minimum absolute atomic E-state index is 0.461. The van der Waals surface area contributed by atoms with Crippen molar-refractivity contribution in [2.45, 2.75) is 45.4 Å². The van der Waals surface area contributed by atoms with Gasteiger partial charge in [0, 0.05) is 11.9 Å². The highest BCUT2D eigenvalue weighted by atomic mass is 35.5. The van der Waals surface area contributed by atoms with Crippen molar-refractivity contribution < 1.29 is 0 Å². The number of halogens is 1. The largest absolute Gasteiger partial charge is 0.306 e. The van der Waals surface area contributed by atoms with Crippen LogP contribution in [-0.4, -0.2) is 30.4 Å². The van der Waals surface area contributed by atoms with Gasteiger partial charge in [-0.15, -0.1) is 11.6 Å². The van der Waals surface area contributed by atoms with Crippen LogP contribution in [0.4, 0.5) is 0 Å². The van der Waals surface area contributed by atoms with Crippen molar-refractivity contribution in [2.24, 2.45) is 11.3 Å².